The number of halogens is 3. The summed E-state index contributed by atoms with van der Waals surface area (Å²) in [6.45, 7) is 3.51. The van der Waals surface area contributed by atoms with Crippen LogP contribution in [0.25, 0.3) is 0 Å². The zero-order valence-electron chi connectivity index (χ0n) is 22.6. The fraction of sp³-hybridized carbons (Fsp3) is 0.462. The predicted octanol–water partition coefficient (Wildman–Crippen LogP) is 3.33. The van der Waals surface area contributed by atoms with Crippen LogP contribution in [0.4, 0.5) is 0 Å². The third kappa shape index (κ3) is 11.6. The number of amides is 2. The van der Waals surface area contributed by atoms with Crippen molar-refractivity contribution in [3.05, 3.63) is 57.1 Å². The molecule has 2 amide bonds. The molecule has 11 nitrogen and oxygen atoms in total. The highest BCUT2D eigenvalue weighted by molar-refractivity contribution is 6.32. The number of carbonyl (C=O) groups excluding carboxylic acids is 4. The number of nitrogens with one attached hydrogen (secondary N) is 2. The van der Waals surface area contributed by atoms with Gasteiger partial charge in [0, 0.05) is 61.2 Å². The van der Waals surface area contributed by atoms with E-state index in [1.807, 2.05) is 0 Å². The summed E-state index contributed by atoms with van der Waals surface area (Å²) in [6, 6.07) is 0. The second-order valence-electron chi connectivity index (χ2n) is 8.61. The van der Waals surface area contributed by atoms with E-state index in [9.17, 15) is 24.3 Å². The number of esters is 2. The van der Waals surface area contributed by atoms with Gasteiger partial charge in [-0.05, 0) is 16.7 Å². The molecule has 2 unspecified atom stereocenters. The van der Waals surface area contributed by atoms with Crippen molar-refractivity contribution in [3.8, 4) is 0 Å². The lowest BCUT2D eigenvalue weighted by molar-refractivity contribution is -0.144. The Morgan fingerprint density at radius 3 is 1.57 bits per heavy atom. The Bertz CT molecular complexity index is 1080. The topological polar surface area (TPSA) is 157 Å². The first-order valence-corrected chi connectivity index (χ1v) is 13.4. The Balaban J connectivity index is 0.000000400. The van der Waals surface area contributed by atoms with E-state index in [0.717, 1.165) is 11.1 Å². The van der Waals surface area contributed by atoms with Crippen LogP contribution in [0, 0.1) is 11.8 Å². The van der Waals surface area contributed by atoms with E-state index in [1.165, 1.54) is 32.8 Å². The summed E-state index contributed by atoms with van der Waals surface area (Å²) in [5.74, 6) is -2.09. The van der Waals surface area contributed by atoms with E-state index in [2.05, 4.69) is 30.1 Å². The zero-order valence-corrected chi connectivity index (χ0v) is 24.9. The summed E-state index contributed by atoms with van der Waals surface area (Å²) in [7, 11) is 2.56. The fourth-order valence-corrected chi connectivity index (χ4v) is 4.07. The standard InChI is InChI=1S/C13H16Cl2N2O3.C13H17ClN2O4/c1-8(3-12(18)20-2)13(19)17-6-9-5-16-7-11(15)10(9)4-14;1-8(3-12(18)20-2)13(19)16-5-9-4-15-6-11(14)10(9)7-17/h5,7-8H,3-4,6H2,1-2H3,(H,17,19);4,6,8,17H,3,5,7H2,1-2H3,(H,16,19). The molecule has 2 aromatic rings. The molecule has 0 aliphatic heterocycles. The lowest BCUT2D eigenvalue weighted by Crippen LogP contribution is -2.30. The van der Waals surface area contributed by atoms with Gasteiger partial charge in [-0.2, -0.15) is 0 Å². The van der Waals surface area contributed by atoms with Gasteiger partial charge < -0.3 is 25.2 Å². The third-order valence-corrected chi connectivity index (χ3v) is 6.60. The first kappa shape index (κ1) is 35.0. The Morgan fingerprint density at radius 2 is 1.20 bits per heavy atom. The second kappa shape index (κ2) is 18.4. The van der Waals surface area contributed by atoms with Crippen molar-refractivity contribution in [1.82, 2.24) is 20.6 Å². The van der Waals surface area contributed by atoms with Gasteiger partial charge in [0.2, 0.25) is 11.8 Å². The number of rotatable bonds is 12. The quantitative estimate of drug-likeness (QED) is 0.239. The summed E-state index contributed by atoms with van der Waals surface area (Å²) in [4.78, 5) is 53.7. The number of methoxy groups -OCH3 is 2. The number of pyridine rings is 2. The minimum Gasteiger partial charge on any atom is -0.469 e. The molecule has 0 radical (unpaired) electrons. The van der Waals surface area contributed by atoms with Crippen molar-refractivity contribution < 1.29 is 33.8 Å². The van der Waals surface area contributed by atoms with E-state index in [-0.39, 0.29) is 50.2 Å². The number of nitrogens with zero attached hydrogens (tertiary/aromatic N) is 2. The molecule has 0 spiro atoms. The van der Waals surface area contributed by atoms with Crippen LogP contribution in [0.3, 0.4) is 0 Å². The van der Waals surface area contributed by atoms with Crippen molar-refractivity contribution in [2.45, 2.75) is 52.3 Å². The van der Waals surface area contributed by atoms with Crippen molar-refractivity contribution in [2.24, 2.45) is 11.8 Å². The van der Waals surface area contributed by atoms with Gasteiger partial charge in [0.25, 0.3) is 0 Å². The Hall–Kier alpha value is -2.99. The monoisotopic (exact) mass is 618 g/mol. The van der Waals surface area contributed by atoms with E-state index < -0.39 is 23.8 Å². The average molecular weight is 620 g/mol. The molecule has 0 saturated carbocycles. The van der Waals surface area contributed by atoms with Crippen molar-refractivity contribution in [1.29, 1.82) is 0 Å². The van der Waals surface area contributed by atoms with E-state index in [0.29, 0.717) is 21.2 Å². The molecule has 40 heavy (non-hydrogen) atoms. The number of aliphatic hydroxyl groups is 1. The molecule has 0 fully saturated rings. The number of carbonyl (C=O) groups is 4. The largest absolute Gasteiger partial charge is 0.469 e. The minimum absolute atomic E-state index is 0.0169. The molecule has 3 N–H and O–H groups in total. The molecule has 0 bridgehead atoms. The molecule has 0 saturated heterocycles. The second-order valence-corrected chi connectivity index (χ2v) is 9.69. The first-order valence-electron chi connectivity index (χ1n) is 12.1. The molecule has 2 rings (SSSR count). The highest BCUT2D eigenvalue weighted by atomic mass is 35.5. The van der Waals surface area contributed by atoms with Crippen molar-refractivity contribution >= 4 is 58.6 Å². The highest BCUT2D eigenvalue weighted by Crippen LogP contribution is 2.21. The summed E-state index contributed by atoms with van der Waals surface area (Å²) in [5.41, 5.74) is 2.66. The van der Waals surface area contributed by atoms with E-state index in [4.69, 9.17) is 34.8 Å². The molecule has 0 aliphatic rings. The van der Waals surface area contributed by atoms with Crippen LogP contribution in [0.5, 0.6) is 0 Å². The first-order chi connectivity index (χ1) is 19.0. The van der Waals surface area contributed by atoms with E-state index in [1.54, 1.807) is 20.0 Å². The smallest absolute Gasteiger partial charge is 0.306 e. The third-order valence-electron chi connectivity index (χ3n) is 5.68. The molecular formula is C26H33Cl3N4O7. The number of alkyl halides is 1. The number of hydrogen-bond acceptors (Lipinski definition) is 9. The maximum absolute atomic E-state index is 11.8. The number of ether oxygens (including phenoxy) is 2. The van der Waals surface area contributed by atoms with Crippen LogP contribution >= 0.6 is 34.8 Å². The van der Waals surface area contributed by atoms with Gasteiger partial charge in [-0.3, -0.25) is 29.1 Å². The summed E-state index contributed by atoms with van der Waals surface area (Å²) >= 11 is 17.7. The molecule has 0 aromatic carbocycles. The lowest BCUT2D eigenvalue weighted by Gasteiger charge is -2.13. The van der Waals surface area contributed by atoms with E-state index >= 15 is 0 Å². The molecule has 2 heterocycles. The number of aromatic nitrogens is 2. The van der Waals surface area contributed by atoms with Crippen LogP contribution < -0.4 is 10.6 Å². The van der Waals surface area contributed by atoms with Crippen molar-refractivity contribution in [2.75, 3.05) is 14.2 Å². The average Bonchev–Trinajstić information content (AvgIpc) is 2.94. The summed E-state index contributed by atoms with van der Waals surface area (Å²) in [5, 5.41) is 15.5. The Kier molecular flexibility index (Phi) is 16.1. The Labute approximate surface area is 247 Å². The van der Waals surface area contributed by atoms with Crippen LogP contribution in [0.2, 0.25) is 10.0 Å². The van der Waals surface area contributed by atoms with Gasteiger partial charge in [-0.25, -0.2) is 0 Å². The summed E-state index contributed by atoms with van der Waals surface area (Å²) < 4.78 is 9.03. The van der Waals surface area contributed by atoms with Crippen LogP contribution in [-0.4, -0.2) is 53.0 Å². The summed E-state index contributed by atoms with van der Waals surface area (Å²) in [6.07, 6.45) is 6.13. The van der Waals surface area contributed by atoms with Crippen molar-refractivity contribution in [3.63, 3.8) is 0 Å². The number of hydrogen-bond donors (Lipinski definition) is 3. The normalized spacial score (nSPS) is 11.8. The highest BCUT2D eigenvalue weighted by Gasteiger charge is 2.19. The minimum atomic E-state index is -0.493. The zero-order chi connectivity index (χ0) is 30.2. The van der Waals surface area contributed by atoms with Crippen LogP contribution in [0.1, 0.15) is 48.9 Å². The SMILES string of the molecule is COC(=O)CC(C)C(=O)NCc1cncc(Cl)c1CCl.COC(=O)CC(C)C(=O)NCc1cncc(Cl)c1CO. The predicted molar refractivity (Wildman–Crippen MR) is 149 cm³/mol. The fourth-order valence-electron chi connectivity index (χ4n) is 3.20. The van der Waals surface area contributed by atoms with Gasteiger partial charge in [0.15, 0.2) is 0 Å². The molecule has 220 valence electrons. The molecular weight excluding hydrogens is 587 g/mol. The van der Waals surface area contributed by atoms with Gasteiger partial charge in [-0.1, -0.05) is 37.0 Å². The van der Waals surface area contributed by atoms with Crippen LogP contribution in [-0.2, 0) is 54.2 Å². The maximum atomic E-state index is 11.8. The van der Waals surface area contributed by atoms with Gasteiger partial charge in [0.1, 0.15) is 0 Å². The molecule has 14 heteroatoms. The maximum Gasteiger partial charge on any atom is 0.306 e. The molecule has 2 atom stereocenters. The molecule has 2 aromatic heterocycles. The lowest BCUT2D eigenvalue weighted by atomic mass is 10.1. The number of aliphatic hydroxyl groups excluding tert-OH is 1. The Morgan fingerprint density at radius 1 is 0.800 bits per heavy atom. The molecule has 0 aliphatic carbocycles. The van der Waals surface area contributed by atoms with Gasteiger partial charge in [-0.15, -0.1) is 11.6 Å². The van der Waals surface area contributed by atoms with Gasteiger partial charge in [0.05, 0.1) is 43.7 Å². The van der Waals surface area contributed by atoms with Gasteiger partial charge >= 0.3 is 11.9 Å². The van der Waals surface area contributed by atoms with Crippen LogP contribution in [0.15, 0.2) is 24.8 Å².